The second kappa shape index (κ2) is 69.5. The molecule has 1 unspecified atom stereocenters. The summed E-state index contributed by atoms with van der Waals surface area (Å²) in [5.41, 5.74) is 0. The van der Waals surface area contributed by atoms with Crippen molar-refractivity contribution in [2.75, 3.05) is 13.2 Å². The molecule has 0 aliphatic heterocycles. The minimum absolute atomic E-state index is 0.106. The van der Waals surface area contributed by atoms with Crippen LogP contribution in [0, 0.1) is 0 Å². The molecule has 0 rings (SSSR count). The third-order valence-corrected chi connectivity index (χ3v) is 14.0. The number of hydrogen-bond donors (Lipinski definition) is 0. The maximum Gasteiger partial charge on any atom is 0.306 e. The van der Waals surface area contributed by atoms with E-state index in [4.69, 9.17) is 14.2 Å². The van der Waals surface area contributed by atoms with E-state index in [-0.39, 0.29) is 31.1 Å². The molecule has 0 fully saturated rings. The summed E-state index contributed by atoms with van der Waals surface area (Å²) in [7, 11) is 0. The zero-order valence-corrected chi connectivity index (χ0v) is 53.7. The van der Waals surface area contributed by atoms with Crippen LogP contribution in [0.5, 0.6) is 0 Å². The lowest BCUT2D eigenvalue weighted by atomic mass is 10.1. The lowest BCUT2D eigenvalue weighted by molar-refractivity contribution is -0.167. The number of hydrogen-bond acceptors (Lipinski definition) is 6. The smallest absolute Gasteiger partial charge is 0.306 e. The lowest BCUT2D eigenvalue weighted by Gasteiger charge is -2.18. The van der Waals surface area contributed by atoms with Crippen molar-refractivity contribution < 1.29 is 28.6 Å². The Kier molecular flexibility index (Phi) is 65.4. The molecule has 0 aliphatic carbocycles. The first-order valence-corrected chi connectivity index (χ1v) is 34.0. The molecule has 0 spiro atoms. The largest absolute Gasteiger partial charge is 0.462 e. The zero-order chi connectivity index (χ0) is 59.9. The molecule has 1 atom stereocenters. The summed E-state index contributed by atoms with van der Waals surface area (Å²) >= 11 is 0. The predicted octanol–water partition coefficient (Wildman–Crippen LogP) is 23.7. The molecular weight excluding hydrogens is 1020 g/mol. The normalized spacial score (nSPS) is 13.1. The molecule has 6 heteroatoms. The fourth-order valence-electron chi connectivity index (χ4n) is 8.91. The minimum Gasteiger partial charge on any atom is -0.462 e. The Hall–Kier alpha value is -4.97. The van der Waals surface area contributed by atoms with E-state index in [0.29, 0.717) is 25.7 Å². The van der Waals surface area contributed by atoms with Crippen LogP contribution in [-0.2, 0) is 28.6 Å². The maximum atomic E-state index is 12.9. The van der Waals surface area contributed by atoms with Crippen molar-refractivity contribution in [1.82, 2.24) is 0 Å². The highest BCUT2D eigenvalue weighted by molar-refractivity contribution is 5.71. The first-order valence-electron chi connectivity index (χ1n) is 34.0. The fourth-order valence-corrected chi connectivity index (χ4v) is 8.91. The molecule has 0 N–H and O–H groups in total. The Balaban J connectivity index is 4.43. The summed E-state index contributed by atoms with van der Waals surface area (Å²) in [5, 5.41) is 0. The molecular formula is C77H124O6. The van der Waals surface area contributed by atoms with Gasteiger partial charge in [-0.3, -0.25) is 14.4 Å². The van der Waals surface area contributed by atoms with Gasteiger partial charge in [-0.25, -0.2) is 0 Å². The minimum atomic E-state index is -0.812. The number of unbranched alkanes of at least 4 members (excludes halogenated alkanes) is 23. The number of esters is 3. The van der Waals surface area contributed by atoms with Crippen LogP contribution < -0.4 is 0 Å². The maximum absolute atomic E-state index is 12.9. The average molecular weight is 1150 g/mol. The lowest BCUT2D eigenvalue weighted by Crippen LogP contribution is -2.30. The van der Waals surface area contributed by atoms with E-state index in [1.54, 1.807) is 0 Å². The molecule has 0 aromatic heterocycles. The van der Waals surface area contributed by atoms with Crippen LogP contribution in [0.1, 0.15) is 290 Å². The Bertz CT molecular complexity index is 1840. The summed E-state index contributed by atoms with van der Waals surface area (Å²) < 4.78 is 16.9. The number of rotatable bonds is 60. The van der Waals surface area contributed by atoms with Gasteiger partial charge in [-0.1, -0.05) is 275 Å². The van der Waals surface area contributed by atoms with E-state index in [0.717, 1.165) is 141 Å². The van der Waals surface area contributed by atoms with Crippen LogP contribution in [0.2, 0.25) is 0 Å². The first kappa shape index (κ1) is 78.0. The highest BCUT2D eigenvalue weighted by Gasteiger charge is 2.19. The van der Waals surface area contributed by atoms with Crippen molar-refractivity contribution >= 4 is 17.9 Å². The van der Waals surface area contributed by atoms with Gasteiger partial charge >= 0.3 is 17.9 Å². The van der Waals surface area contributed by atoms with E-state index < -0.39 is 6.10 Å². The van der Waals surface area contributed by atoms with Crippen molar-refractivity contribution in [3.05, 3.63) is 158 Å². The molecule has 0 heterocycles. The molecule has 0 amide bonds. The second-order valence-corrected chi connectivity index (χ2v) is 22.0. The molecule has 468 valence electrons. The average Bonchev–Trinajstić information content (AvgIpc) is 3.49. The van der Waals surface area contributed by atoms with Gasteiger partial charge in [0.05, 0.1) is 0 Å². The predicted molar refractivity (Wildman–Crippen MR) is 362 cm³/mol. The van der Waals surface area contributed by atoms with Gasteiger partial charge in [0.1, 0.15) is 13.2 Å². The summed E-state index contributed by atoms with van der Waals surface area (Å²) in [4.78, 5) is 38.3. The molecule has 0 radical (unpaired) electrons. The zero-order valence-electron chi connectivity index (χ0n) is 53.7. The summed E-state index contributed by atoms with van der Waals surface area (Å²) in [6, 6.07) is 0. The highest BCUT2D eigenvalue weighted by atomic mass is 16.6. The van der Waals surface area contributed by atoms with Gasteiger partial charge in [0, 0.05) is 19.3 Å². The van der Waals surface area contributed by atoms with Crippen molar-refractivity contribution in [3.63, 3.8) is 0 Å². The standard InChI is InChI=1S/C77H124O6/c1-4-7-10-13-16-19-22-25-28-30-31-32-33-34-35-36-37-38-39-40-41-42-43-44-45-47-49-52-55-58-61-64-67-70-76(79)82-73-74(72-81-75(78)69-66-63-60-57-54-51-48-27-24-21-18-15-12-9-6-3)83-77(80)71-68-65-62-59-56-53-50-46-29-26-23-20-17-14-11-8-5-2/h7,10,16,18-19,21,25-29,31-32,34-35,37-38,40-41,43-44,47-49,55,58,74H,4-6,8-9,11-15,17,20,22-24,30,33,36,39,42,45-46,50-54,56-57,59-73H2,1-3H3/b10-7-,19-16-,21-18-,28-25-,29-26-,32-31-,35-34-,38-37-,41-40-,44-43-,48-27-,49-47-,58-55-. The third kappa shape index (κ3) is 67.7. The van der Waals surface area contributed by atoms with Gasteiger partial charge in [-0.15, -0.1) is 0 Å². The van der Waals surface area contributed by atoms with E-state index in [2.05, 4.69) is 179 Å². The summed E-state index contributed by atoms with van der Waals surface area (Å²) in [6.07, 6.45) is 101. The van der Waals surface area contributed by atoms with Crippen LogP contribution in [0.4, 0.5) is 0 Å². The Labute approximate surface area is 511 Å². The SMILES string of the molecule is CC/C=C\C/C=C\C/C=C\C/C=C\C/C=C\C/C=C\C/C=C\C/C=C\C/C=C\C/C=C\CCCCC(=O)OCC(COC(=O)CCCCCCC/C=C\C/C=C\CCCCC)OC(=O)CCCCCCCCC/C=C\CCCCCCCC. The Morgan fingerprint density at radius 2 is 0.470 bits per heavy atom. The number of allylic oxidation sites excluding steroid dienone is 26. The van der Waals surface area contributed by atoms with Crippen LogP contribution in [0.25, 0.3) is 0 Å². The molecule has 0 aromatic rings. The monoisotopic (exact) mass is 1140 g/mol. The number of carbonyl (C=O) groups excluding carboxylic acids is 3. The first-order chi connectivity index (χ1) is 41.0. The molecule has 0 saturated heterocycles. The number of carbonyl (C=O) groups is 3. The molecule has 0 bridgehead atoms. The van der Waals surface area contributed by atoms with Crippen LogP contribution >= 0.6 is 0 Å². The van der Waals surface area contributed by atoms with Crippen molar-refractivity contribution in [1.29, 1.82) is 0 Å². The summed E-state index contributed by atoms with van der Waals surface area (Å²) in [6.45, 7) is 6.45. The Morgan fingerprint density at radius 3 is 0.795 bits per heavy atom. The van der Waals surface area contributed by atoms with Gasteiger partial charge in [-0.05, 0) is 154 Å². The summed E-state index contributed by atoms with van der Waals surface area (Å²) in [5.74, 6) is -0.967. The van der Waals surface area contributed by atoms with Crippen LogP contribution in [0.15, 0.2) is 158 Å². The van der Waals surface area contributed by atoms with Gasteiger partial charge in [0.15, 0.2) is 6.10 Å². The van der Waals surface area contributed by atoms with Crippen molar-refractivity contribution in [2.45, 2.75) is 297 Å². The van der Waals surface area contributed by atoms with E-state index in [1.165, 1.54) is 103 Å². The third-order valence-electron chi connectivity index (χ3n) is 14.0. The molecule has 0 aromatic carbocycles. The molecule has 83 heavy (non-hydrogen) atoms. The molecule has 0 aliphatic rings. The van der Waals surface area contributed by atoms with E-state index >= 15 is 0 Å². The van der Waals surface area contributed by atoms with Gasteiger partial charge in [0.2, 0.25) is 0 Å². The van der Waals surface area contributed by atoms with Crippen LogP contribution in [0.3, 0.4) is 0 Å². The topological polar surface area (TPSA) is 78.9 Å². The molecule has 6 nitrogen and oxygen atoms in total. The highest BCUT2D eigenvalue weighted by Crippen LogP contribution is 2.14. The second-order valence-electron chi connectivity index (χ2n) is 22.0. The molecule has 0 saturated carbocycles. The van der Waals surface area contributed by atoms with Crippen molar-refractivity contribution in [2.24, 2.45) is 0 Å². The van der Waals surface area contributed by atoms with Gasteiger partial charge < -0.3 is 14.2 Å². The van der Waals surface area contributed by atoms with Gasteiger partial charge in [0.25, 0.3) is 0 Å². The quantitative estimate of drug-likeness (QED) is 0.0261. The number of ether oxygens (including phenoxy) is 3. The van der Waals surface area contributed by atoms with Crippen molar-refractivity contribution in [3.8, 4) is 0 Å². The van der Waals surface area contributed by atoms with Gasteiger partial charge in [-0.2, -0.15) is 0 Å². The van der Waals surface area contributed by atoms with E-state index in [1.807, 2.05) is 0 Å². The Morgan fingerprint density at radius 1 is 0.253 bits per heavy atom. The fraction of sp³-hybridized carbons (Fsp3) is 0.623. The van der Waals surface area contributed by atoms with E-state index in [9.17, 15) is 14.4 Å². The van der Waals surface area contributed by atoms with Crippen LogP contribution in [-0.4, -0.2) is 37.2 Å².